The highest BCUT2D eigenvalue weighted by molar-refractivity contribution is 7.90. The maximum Gasteiger partial charge on any atom is 0.297 e. The van der Waals surface area contributed by atoms with Crippen LogP contribution in [0.1, 0.15) is 23.1 Å². The molecule has 0 radical (unpaired) electrons. The Morgan fingerprint density at radius 2 is 1.92 bits per heavy atom. The Kier molecular flexibility index (Phi) is 9.91. The minimum absolute atomic E-state index is 0.000155. The minimum atomic E-state index is -3.34. The Morgan fingerprint density at radius 1 is 1.16 bits per heavy atom. The molecule has 1 aromatic carbocycles. The molecular formula is C26H30N6O5S. The number of methoxy groups -OCH3 is 1. The van der Waals surface area contributed by atoms with Crippen molar-refractivity contribution >= 4 is 27.4 Å². The van der Waals surface area contributed by atoms with Crippen LogP contribution in [0.3, 0.4) is 0 Å². The first kappa shape index (κ1) is 28.3. The fourth-order valence-electron chi connectivity index (χ4n) is 3.21. The number of aliphatic imine (C=N–C) groups is 1. The molecule has 38 heavy (non-hydrogen) atoms. The van der Waals surface area contributed by atoms with E-state index in [1.165, 1.54) is 36.4 Å². The van der Waals surface area contributed by atoms with Gasteiger partial charge >= 0.3 is 0 Å². The van der Waals surface area contributed by atoms with Gasteiger partial charge in [-0.25, -0.2) is 13.4 Å². The minimum Gasteiger partial charge on any atom is -0.457 e. The summed E-state index contributed by atoms with van der Waals surface area (Å²) < 4.78 is 34.5. The van der Waals surface area contributed by atoms with E-state index in [0.717, 1.165) is 11.9 Å². The SMILES string of the molecule is COCC(C)Nc1cc(Oc2ccc(S(C)(=O)=O)cc2)cc(C(=O)N=C(N)/C=C\NCc2ccccn2)n1. The first-order chi connectivity index (χ1) is 18.1. The summed E-state index contributed by atoms with van der Waals surface area (Å²) in [5, 5.41) is 6.17. The smallest absolute Gasteiger partial charge is 0.297 e. The molecule has 0 bridgehead atoms. The van der Waals surface area contributed by atoms with E-state index in [9.17, 15) is 13.2 Å². The lowest BCUT2D eigenvalue weighted by Gasteiger charge is -2.15. The van der Waals surface area contributed by atoms with Crippen molar-refractivity contribution in [1.82, 2.24) is 15.3 Å². The van der Waals surface area contributed by atoms with Crippen LogP contribution in [-0.4, -0.2) is 56.1 Å². The molecule has 0 saturated heterocycles. The fourth-order valence-corrected chi connectivity index (χ4v) is 3.84. The molecule has 0 aliphatic rings. The second-order valence-electron chi connectivity index (χ2n) is 8.30. The molecule has 4 N–H and O–H groups in total. The van der Waals surface area contributed by atoms with Gasteiger partial charge in [0.05, 0.1) is 23.7 Å². The van der Waals surface area contributed by atoms with Crippen molar-refractivity contribution in [2.75, 3.05) is 25.3 Å². The highest BCUT2D eigenvalue weighted by Crippen LogP contribution is 2.26. The molecule has 0 aliphatic heterocycles. The monoisotopic (exact) mass is 538 g/mol. The Hall–Kier alpha value is -4.29. The molecule has 12 heteroatoms. The van der Waals surface area contributed by atoms with Crippen molar-refractivity contribution < 1.29 is 22.7 Å². The normalized spacial score (nSPS) is 12.8. The molecule has 0 fully saturated rings. The number of carbonyl (C=O) groups excluding carboxylic acids is 1. The molecule has 1 amide bonds. The van der Waals surface area contributed by atoms with E-state index in [2.05, 4.69) is 25.6 Å². The molecule has 0 spiro atoms. The topological polar surface area (TPSA) is 158 Å². The van der Waals surface area contributed by atoms with Crippen LogP contribution in [0.15, 0.2) is 83.0 Å². The fraction of sp³-hybridized carbons (Fsp3) is 0.231. The molecule has 11 nitrogen and oxygen atoms in total. The maximum absolute atomic E-state index is 12.9. The number of hydrogen-bond acceptors (Lipinski definition) is 9. The molecular weight excluding hydrogens is 508 g/mol. The zero-order valence-corrected chi connectivity index (χ0v) is 22.1. The Labute approximate surface area is 221 Å². The van der Waals surface area contributed by atoms with E-state index >= 15 is 0 Å². The van der Waals surface area contributed by atoms with Crippen molar-refractivity contribution in [3.8, 4) is 11.5 Å². The van der Waals surface area contributed by atoms with Gasteiger partial charge in [0.2, 0.25) is 0 Å². The van der Waals surface area contributed by atoms with Crippen LogP contribution >= 0.6 is 0 Å². The van der Waals surface area contributed by atoms with E-state index in [1.807, 2.05) is 25.1 Å². The van der Waals surface area contributed by atoms with Crippen LogP contribution in [-0.2, 0) is 21.1 Å². The van der Waals surface area contributed by atoms with Crippen LogP contribution in [0, 0.1) is 0 Å². The predicted octanol–water partition coefficient (Wildman–Crippen LogP) is 2.92. The van der Waals surface area contributed by atoms with Gasteiger partial charge in [-0.05, 0) is 49.4 Å². The number of nitrogens with zero attached hydrogens (tertiary/aromatic N) is 3. The molecule has 200 valence electrons. The van der Waals surface area contributed by atoms with E-state index in [0.29, 0.717) is 30.5 Å². The van der Waals surface area contributed by atoms with Gasteiger partial charge in [-0.15, -0.1) is 0 Å². The lowest BCUT2D eigenvalue weighted by Crippen LogP contribution is -2.22. The third kappa shape index (κ3) is 8.98. The molecule has 2 aromatic heterocycles. The van der Waals surface area contributed by atoms with Crippen molar-refractivity contribution in [3.63, 3.8) is 0 Å². The van der Waals surface area contributed by atoms with Crippen LogP contribution in [0.2, 0.25) is 0 Å². The summed E-state index contributed by atoms with van der Waals surface area (Å²) in [6, 6.07) is 14.5. The van der Waals surface area contributed by atoms with E-state index < -0.39 is 15.7 Å². The third-order valence-electron chi connectivity index (χ3n) is 4.93. The molecule has 3 rings (SSSR count). The van der Waals surface area contributed by atoms with Crippen molar-refractivity contribution in [2.24, 2.45) is 10.7 Å². The number of sulfone groups is 1. The number of aromatic nitrogens is 2. The van der Waals surface area contributed by atoms with Gasteiger partial charge in [-0.3, -0.25) is 9.78 Å². The Bertz CT molecular complexity index is 1390. The number of ether oxygens (including phenoxy) is 2. The number of amides is 1. The summed E-state index contributed by atoms with van der Waals surface area (Å²) in [4.78, 5) is 25.5. The summed E-state index contributed by atoms with van der Waals surface area (Å²) >= 11 is 0. The first-order valence-corrected chi connectivity index (χ1v) is 13.5. The Balaban J connectivity index is 1.78. The highest BCUT2D eigenvalue weighted by atomic mass is 32.2. The van der Waals surface area contributed by atoms with Crippen LogP contribution in [0.5, 0.6) is 11.5 Å². The zero-order chi connectivity index (χ0) is 27.5. The molecule has 3 aromatic rings. The van der Waals surface area contributed by atoms with Crippen LogP contribution in [0.25, 0.3) is 0 Å². The van der Waals surface area contributed by atoms with Gasteiger partial charge in [-0.2, -0.15) is 4.99 Å². The largest absolute Gasteiger partial charge is 0.457 e. The number of anilines is 1. The van der Waals surface area contributed by atoms with E-state index in [4.69, 9.17) is 15.2 Å². The van der Waals surface area contributed by atoms with Crippen molar-refractivity contribution in [2.45, 2.75) is 24.4 Å². The predicted molar refractivity (Wildman–Crippen MR) is 145 cm³/mol. The number of rotatable bonds is 12. The maximum atomic E-state index is 12.9. The summed E-state index contributed by atoms with van der Waals surface area (Å²) in [7, 11) is -1.76. The summed E-state index contributed by atoms with van der Waals surface area (Å²) in [5.74, 6) is 0.351. The van der Waals surface area contributed by atoms with Gasteiger partial charge in [0.15, 0.2) is 9.84 Å². The lowest BCUT2D eigenvalue weighted by atomic mass is 10.3. The van der Waals surface area contributed by atoms with Crippen molar-refractivity contribution in [1.29, 1.82) is 0 Å². The van der Waals surface area contributed by atoms with Gasteiger partial charge in [0, 0.05) is 43.9 Å². The summed E-state index contributed by atoms with van der Waals surface area (Å²) in [5.41, 5.74) is 6.75. The molecule has 0 aliphatic carbocycles. The van der Waals surface area contributed by atoms with Crippen molar-refractivity contribution in [3.05, 3.63) is 84.5 Å². The Morgan fingerprint density at radius 3 is 2.58 bits per heavy atom. The molecule has 0 saturated carbocycles. The van der Waals surface area contributed by atoms with Crippen LogP contribution in [0.4, 0.5) is 5.82 Å². The number of benzene rings is 1. The number of nitrogens with one attached hydrogen (secondary N) is 2. The summed E-state index contributed by atoms with van der Waals surface area (Å²) in [6.45, 7) is 2.78. The number of nitrogens with two attached hydrogens (primary N) is 1. The van der Waals surface area contributed by atoms with Gasteiger partial charge < -0.3 is 25.8 Å². The second kappa shape index (κ2) is 13.3. The second-order valence-corrected chi connectivity index (χ2v) is 10.3. The standard InChI is InChI=1S/C26H30N6O5S/c1-18(17-36-2)30-25-15-21(37-20-7-9-22(10-8-20)38(3,34)35)14-23(31-25)26(33)32-24(27)11-13-28-16-19-6-4-5-12-29-19/h4-15,18,28H,16-17H2,1-3H3,(H,30,31)(H2,27,32,33)/b13-11-. The van der Waals surface area contributed by atoms with Gasteiger partial charge in [0.1, 0.15) is 28.8 Å². The van der Waals surface area contributed by atoms with Gasteiger partial charge in [0.25, 0.3) is 5.91 Å². The number of carbonyl (C=O) groups is 1. The van der Waals surface area contributed by atoms with E-state index in [-0.39, 0.29) is 22.5 Å². The number of amidine groups is 1. The van der Waals surface area contributed by atoms with E-state index in [1.54, 1.807) is 25.6 Å². The number of hydrogen-bond donors (Lipinski definition) is 3. The molecule has 1 unspecified atom stereocenters. The quantitative estimate of drug-likeness (QED) is 0.231. The first-order valence-electron chi connectivity index (χ1n) is 11.6. The lowest BCUT2D eigenvalue weighted by molar-refractivity contribution is 0.0998. The van der Waals surface area contributed by atoms with Gasteiger partial charge in [-0.1, -0.05) is 6.07 Å². The highest BCUT2D eigenvalue weighted by Gasteiger charge is 2.14. The number of pyridine rings is 2. The average Bonchev–Trinajstić information content (AvgIpc) is 2.87. The zero-order valence-electron chi connectivity index (χ0n) is 21.3. The summed E-state index contributed by atoms with van der Waals surface area (Å²) in [6.07, 6.45) is 5.86. The molecule has 2 heterocycles. The third-order valence-corrected chi connectivity index (χ3v) is 6.06. The molecule has 1 atom stereocenters. The van der Waals surface area contributed by atoms with Crippen LogP contribution < -0.4 is 21.1 Å². The average molecular weight is 539 g/mol.